The van der Waals surface area contributed by atoms with E-state index in [-0.39, 0.29) is 0 Å². The minimum Gasteiger partial charge on any atom is -0.336 e. The maximum atomic E-state index is 10.3. The zero-order chi connectivity index (χ0) is 10.9. The van der Waals surface area contributed by atoms with Crippen LogP contribution in [-0.2, 0) is 5.60 Å². The highest BCUT2D eigenvalue weighted by molar-refractivity contribution is 5.33. The van der Waals surface area contributed by atoms with Crippen molar-refractivity contribution < 1.29 is 5.11 Å². The van der Waals surface area contributed by atoms with E-state index in [1.165, 1.54) is 5.56 Å². The Morgan fingerprint density at radius 2 is 1.93 bits per heavy atom. The molecule has 0 aromatic heterocycles. The lowest BCUT2D eigenvalue weighted by molar-refractivity contribution is 0.128. The normalized spacial score (nSPS) is 24.1. The molecule has 0 bridgehead atoms. The van der Waals surface area contributed by atoms with Crippen molar-refractivity contribution >= 4 is 0 Å². The molecule has 76 valence electrons. The van der Waals surface area contributed by atoms with E-state index in [9.17, 15) is 5.11 Å². The molecule has 0 saturated carbocycles. The second kappa shape index (κ2) is 3.50. The van der Waals surface area contributed by atoms with Gasteiger partial charge in [0.05, 0.1) is 0 Å². The molecule has 0 amide bonds. The fourth-order valence-corrected chi connectivity index (χ4v) is 1.50. The Kier molecular flexibility index (Phi) is 2.31. The predicted molar refractivity (Wildman–Crippen MR) is 59.8 cm³/mol. The van der Waals surface area contributed by atoms with Crippen LogP contribution in [0.2, 0.25) is 0 Å². The number of aryl methyl sites for hydroxylation is 1. The fraction of sp³-hybridized carbons (Fsp3) is 0.231. The lowest BCUT2D eigenvalue weighted by Crippen LogP contribution is -2.25. The molecule has 1 unspecified atom stereocenters. The first-order chi connectivity index (χ1) is 7.10. The zero-order valence-corrected chi connectivity index (χ0v) is 8.94. The highest BCUT2D eigenvalue weighted by Crippen LogP contribution is 2.26. The van der Waals surface area contributed by atoms with Crippen LogP contribution in [0.4, 0.5) is 0 Å². The molecule has 1 aliphatic heterocycles. The molecular weight excluding hydrogens is 186 g/mol. The number of hydrogen-bond acceptors (Lipinski definition) is 2. The fourth-order valence-electron chi connectivity index (χ4n) is 1.50. The summed E-state index contributed by atoms with van der Waals surface area (Å²) >= 11 is 0. The van der Waals surface area contributed by atoms with Crippen LogP contribution in [0, 0.1) is 13.0 Å². The maximum Gasteiger partial charge on any atom is 0.332 e. The summed E-state index contributed by atoms with van der Waals surface area (Å²) in [4.78, 5) is 1.85. The minimum atomic E-state index is -1.08. The molecule has 1 aliphatic rings. The van der Waals surface area contributed by atoms with Gasteiger partial charge in [-0.1, -0.05) is 29.8 Å². The van der Waals surface area contributed by atoms with Crippen LogP contribution in [-0.4, -0.2) is 17.1 Å². The molecule has 1 heterocycles. The number of hydrogen-bond donors (Lipinski definition) is 1. The second-order valence-electron chi connectivity index (χ2n) is 3.89. The number of aliphatic hydroxyl groups is 1. The molecule has 1 atom stereocenters. The van der Waals surface area contributed by atoms with Crippen LogP contribution in [0.1, 0.15) is 11.1 Å². The molecule has 2 nitrogen and oxygen atoms in total. The van der Waals surface area contributed by atoms with E-state index in [0.29, 0.717) is 0 Å². The Morgan fingerprint density at radius 3 is 2.47 bits per heavy atom. The van der Waals surface area contributed by atoms with E-state index in [0.717, 1.165) is 5.56 Å². The van der Waals surface area contributed by atoms with Gasteiger partial charge in [0.2, 0.25) is 0 Å². The van der Waals surface area contributed by atoms with Crippen LogP contribution in [0.25, 0.3) is 0 Å². The molecule has 1 N–H and O–H groups in total. The third-order valence-corrected chi connectivity index (χ3v) is 2.53. The lowest BCUT2D eigenvalue weighted by Gasteiger charge is -2.15. The molecule has 0 spiro atoms. The standard InChI is InChI=1S/C13H14NO/c1-11-3-5-12(6-4-11)13(15)7-9-14(2)10-8-13/h3-7,9-10,15H,1-2H3/q+1. The van der Waals surface area contributed by atoms with Crippen molar-refractivity contribution in [2.24, 2.45) is 0 Å². The van der Waals surface area contributed by atoms with Crippen molar-refractivity contribution in [2.45, 2.75) is 12.5 Å². The SMILES string of the molecule is Cc1ccc(C2(O)[C+]=CN(C)C=C2)cc1. The van der Waals surface area contributed by atoms with Gasteiger partial charge in [0.1, 0.15) is 0 Å². The van der Waals surface area contributed by atoms with Crippen molar-refractivity contribution in [3.8, 4) is 0 Å². The quantitative estimate of drug-likeness (QED) is 0.700. The van der Waals surface area contributed by atoms with Crippen LogP contribution in [0.15, 0.2) is 42.7 Å². The molecule has 0 fully saturated rings. The number of benzene rings is 1. The van der Waals surface area contributed by atoms with Gasteiger partial charge in [-0.2, -0.15) is 0 Å². The number of nitrogens with zero attached hydrogens (tertiary/aromatic N) is 1. The van der Waals surface area contributed by atoms with Crippen LogP contribution < -0.4 is 0 Å². The van der Waals surface area contributed by atoms with Gasteiger partial charge in [0.15, 0.2) is 0 Å². The van der Waals surface area contributed by atoms with Gasteiger partial charge >= 0.3 is 5.60 Å². The van der Waals surface area contributed by atoms with Crippen molar-refractivity contribution in [3.63, 3.8) is 0 Å². The largest absolute Gasteiger partial charge is 0.336 e. The van der Waals surface area contributed by atoms with Crippen LogP contribution in [0.3, 0.4) is 0 Å². The monoisotopic (exact) mass is 200 g/mol. The average molecular weight is 200 g/mol. The summed E-state index contributed by atoms with van der Waals surface area (Å²) in [6.45, 7) is 2.03. The predicted octanol–water partition coefficient (Wildman–Crippen LogP) is 1.96. The Labute approximate surface area is 90.2 Å². The Balaban J connectivity index is 2.34. The summed E-state index contributed by atoms with van der Waals surface area (Å²) in [6.07, 6.45) is 8.25. The van der Waals surface area contributed by atoms with E-state index < -0.39 is 5.60 Å². The Morgan fingerprint density at radius 1 is 1.27 bits per heavy atom. The summed E-state index contributed by atoms with van der Waals surface area (Å²) in [7, 11) is 1.90. The first-order valence-electron chi connectivity index (χ1n) is 4.92. The zero-order valence-electron chi connectivity index (χ0n) is 8.94. The Bertz CT molecular complexity index is 389. The topological polar surface area (TPSA) is 23.5 Å². The van der Waals surface area contributed by atoms with E-state index in [1.807, 2.05) is 49.3 Å². The minimum absolute atomic E-state index is 0.841. The highest BCUT2D eigenvalue weighted by atomic mass is 16.3. The molecular formula is C13H14NO+. The molecule has 0 aliphatic carbocycles. The Hall–Kier alpha value is -1.63. The first-order valence-corrected chi connectivity index (χ1v) is 4.92. The van der Waals surface area contributed by atoms with Crippen molar-refractivity contribution in [2.75, 3.05) is 7.05 Å². The second-order valence-corrected chi connectivity index (χ2v) is 3.89. The van der Waals surface area contributed by atoms with E-state index in [2.05, 4.69) is 6.08 Å². The van der Waals surface area contributed by atoms with Gasteiger partial charge in [-0.05, 0) is 6.92 Å². The maximum absolute atomic E-state index is 10.3. The van der Waals surface area contributed by atoms with Crippen LogP contribution in [0.5, 0.6) is 0 Å². The summed E-state index contributed by atoms with van der Waals surface area (Å²) < 4.78 is 0. The molecule has 15 heavy (non-hydrogen) atoms. The first kappa shape index (κ1) is 9.91. The lowest BCUT2D eigenvalue weighted by atomic mass is 9.92. The van der Waals surface area contributed by atoms with Gasteiger partial charge in [0.25, 0.3) is 12.3 Å². The summed E-state index contributed by atoms with van der Waals surface area (Å²) in [5.74, 6) is 0. The average Bonchev–Trinajstić information content (AvgIpc) is 2.24. The van der Waals surface area contributed by atoms with E-state index in [1.54, 1.807) is 12.3 Å². The van der Waals surface area contributed by atoms with E-state index in [4.69, 9.17) is 0 Å². The van der Waals surface area contributed by atoms with Crippen molar-refractivity contribution in [1.29, 1.82) is 0 Å². The molecule has 1 aromatic carbocycles. The summed E-state index contributed by atoms with van der Waals surface area (Å²) in [5.41, 5.74) is 0.942. The van der Waals surface area contributed by atoms with Gasteiger partial charge < -0.3 is 10.0 Å². The molecule has 0 saturated heterocycles. The van der Waals surface area contributed by atoms with Gasteiger partial charge in [-0.25, -0.2) is 0 Å². The highest BCUT2D eigenvalue weighted by Gasteiger charge is 2.39. The summed E-state index contributed by atoms with van der Waals surface area (Å²) in [5, 5.41) is 10.3. The smallest absolute Gasteiger partial charge is 0.332 e. The van der Waals surface area contributed by atoms with Gasteiger partial charge in [-0.15, -0.1) is 0 Å². The summed E-state index contributed by atoms with van der Waals surface area (Å²) in [6, 6.07) is 7.82. The molecule has 0 radical (unpaired) electrons. The van der Waals surface area contributed by atoms with Gasteiger partial charge in [-0.3, -0.25) is 0 Å². The number of rotatable bonds is 1. The molecule has 2 heteroatoms. The van der Waals surface area contributed by atoms with Crippen molar-refractivity contribution in [3.05, 3.63) is 59.9 Å². The van der Waals surface area contributed by atoms with Gasteiger partial charge in [0, 0.05) is 24.9 Å². The molecule has 1 aromatic rings. The molecule has 2 rings (SSSR count). The van der Waals surface area contributed by atoms with Crippen molar-refractivity contribution in [1.82, 2.24) is 4.90 Å². The third-order valence-electron chi connectivity index (χ3n) is 2.53. The van der Waals surface area contributed by atoms with E-state index >= 15 is 0 Å². The van der Waals surface area contributed by atoms with Crippen LogP contribution >= 0.6 is 0 Å². The third kappa shape index (κ3) is 1.91.